The molecule has 170 valence electrons. The third kappa shape index (κ3) is 4.07. The first kappa shape index (κ1) is 21.5. The molecular formula is C25H26FN5O2. The Morgan fingerprint density at radius 1 is 1.12 bits per heavy atom. The van der Waals surface area contributed by atoms with Crippen LogP contribution in [0.4, 0.5) is 4.39 Å². The topological polar surface area (TPSA) is 75.8 Å². The summed E-state index contributed by atoms with van der Waals surface area (Å²) in [5, 5.41) is 19.4. The first-order valence-corrected chi connectivity index (χ1v) is 11.0. The largest absolute Gasteiger partial charge is 0.507 e. The molecule has 7 nitrogen and oxygen atoms in total. The molecule has 0 radical (unpaired) electrons. The lowest BCUT2D eigenvalue weighted by Gasteiger charge is -2.42. The molecule has 0 amide bonds. The Labute approximate surface area is 191 Å². The van der Waals surface area contributed by atoms with Crippen molar-refractivity contribution in [1.82, 2.24) is 24.5 Å². The van der Waals surface area contributed by atoms with Crippen LogP contribution < -0.4 is 0 Å². The summed E-state index contributed by atoms with van der Waals surface area (Å²) >= 11 is 0. The van der Waals surface area contributed by atoms with Crippen LogP contribution in [0.5, 0.6) is 5.75 Å². The number of benzene rings is 1. The number of phenolic OH excluding ortho intramolecular Hbond substituents is 1. The van der Waals surface area contributed by atoms with Gasteiger partial charge in [-0.3, -0.25) is 4.90 Å². The highest BCUT2D eigenvalue weighted by Gasteiger charge is 2.32. The molecule has 0 aliphatic carbocycles. The Balaban J connectivity index is 1.34. The predicted molar refractivity (Wildman–Crippen MR) is 124 cm³/mol. The maximum Gasteiger partial charge on any atom is 0.173 e. The van der Waals surface area contributed by atoms with Gasteiger partial charge in [-0.1, -0.05) is 6.07 Å². The van der Waals surface area contributed by atoms with Crippen molar-refractivity contribution in [2.24, 2.45) is 0 Å². The van der Waals surface area contributed by atoms with Crippen molar-refractivity contribution in [2.75, 3.05) is 26.8 Å². The number of imidazole rings is 1. The summed E-state index contributed by atoms with van der Waals surface area (Å²) in [6, 6.07) is 10.9. The van der Waals surface area contributed by atoms with E-state index in [1.165, 1.54) is 6.07 Å². The number of likely N-dealkylation sites (tertiary alicyclic amines) is 1. The van der Waals surface area contributed by atoms with Gasteiger partial charge in [-0.15, -0.1) is 0 Å². The molecular weight excluding hydrogens is 421 g/mol. The number of rotatable bonds is 6. The van der Waals surface area contributed by atoms with Crippen molar-refractivity contribution in [3.8, 4) is 28.1 Å². The fraction of sp³-hybridized carbons (Fsp3) is 0.320. The number of fused-ring (bicyclic) bond motifs is 1. The summed E-state index contributed by atoms with van der Waals surface area (Å²) < 4.78 is 21.3. The molecule has 0 saturated carbocycles. The fourth-order valence-electron chi connectivity index (χ4n) is 4.38. The number of nitrogens with zero attached hydrogens (tertiary/aromatic N) is 5. The molecule has 1 aliphatic rings. The van der Waals surface area contributed by atoms with E-state index in [2.05, 4.69) is 27.0 Å². The lowest BCUT2D eigenvalue weighted by atomic mass is 9.94. The third-order valence-corrected chi connectivity index (χ3v) is 6.28. The van der Waals surface area contributed by atoms with Gasteiger partial charge in [0.25, 0.3) is 0 Å². The average Bonchev–Trinajstić information content (AvgIpc) is 3.14. The van der Waals surface area contributed by atoms with Crippen LogP contribution in [0.15, 0.2) is 48.8 Å². The zero-order valence-corrected chi connectivity index (χ0v) is 18.9. The average molecular weight is 448 g/mol. The normalized spacial score (nSPS) is 15.6. The number of pyridine rings is 1. The maximum absolute atomic E-state index is 14.5. The number of halogens is 1. The summed E-state index contributed by atoms with van der Waals surface area (Å²) in [5.74, 6) is 0.0235. The van der Waals surface area contributed by atoms with Crippen LogP contribution in [0, 0.1) is 12.7 Å². The molecule has 3 aromatic heterocycles. The van der Waals surface area contributed by atoms with E-state index in [1.807, 2.05) is 25.1 Å². The highest BCUT2D eigenvalue weighted by atomic mass is 19.1. The second-order valence-electron chi connectivity index (χ2n) is 8.72. The minimum atomic E-state index is -0.406. The van der Waals surface area contributed by atoms with Gasteiger partial charge in [-0.05, 0) is 49.7 Å². The highest BCUT2D eigenvalue weighted by Crippen LogP contribution is 2.34. The molecule has 8 heteroatoms. The Kier molecular flexibility index (Phi) is 5.55. The molecule has 1 aromatic carbocycles. The number of ether oxygens (including phenoxy) is 1. The standard InChI is InChI=1S/C25H26FN5O2/c1-15-10-31-11-18(8-21(26)25(31)27-15)17-4-5-20(24(32)9-17)23-7-6-22(28-29-23)19-12-30(13-19)16(2)14-33-3/h4-11,16,19,32H,12-14H2,1-3H3. The zero-order valence-electron chi connectivity index (χ0n) is 18.9. The second kappa shape index (κ2) is 8.53. The van der Waals surface area contributed by atoms with E-state index in [9.17, 15) is 9.50 Å². The van der Waals surface area contributed by atoms with Gasteiger partial charge in [0.05, 0.1) is 23.7 Å². The van der Waals surface area contributed by atoms with Crippen LogP contribution in [-0.2, 0) is 4.74 Å². The molecule has 1 atom stereocenters. The number of aromatic nitrogens is 4. The van der Waals surface area contributed by atoms with Gasteiger partial charge >= 0.3 is 0 Å². The Hall–Kier alpha value is -3.36. The van der Waals surface area contributed by atoms with Crippen LogP contribution in [0.1, 0.15) is 24.2 Å². The van der Waals surface area contributed by atoms with E-state index in [0.29, 0.717) is 34.3 Å². The number of hydrogen-bond acceptors (Lipinski definition) is 6. The Morgan fingerprint density at radius 3 is 2.64 bits per heavy atom. The van der Waals surface area contributed by atoms with Gasteiger partial charge in [0.1, 0.15) is 5.75 Å². The summed E-state index contributed by atoms with van der Waals surface area (Å²) in [6.07, 6.45) is 3.57. The lowest BCUT2D eigenvalue weighted by Crippen LogP contribution is -2.51. The van der Waals surface area contributed by atoms with E-state index in [4.69, 9.17) is 4.74 Å². The van der Waals surface area contributed by atoms with Crippen molar-refractivity contribution in [3.63, 3.8) is 0 Å². The molecule has 0 bridgehead atoms. The Morgan fingerprint density at radius 2 is 1.94 bits per heavy atom. The zero-order chi connectivity index (χ0) is 23.1. The summed E-state index contributed by atoms with van der Waals surface area (Å²) in [6.45, 7) is 6.58. The molecule has 1 unspecified atom stereocenters. The van der Waals surface area contributed by atoms with Crippen LogP contribution in [0.25, 0.3) is 28.0 Å². The van der Waals surface area contributed by atoms with Gasteiger partial charge in [-0.2, -0.15) is 10.2 Å². The lowest BCUT2D eigenvalue weighted by molar-refractivity contribution is 0.0443. The third-order valence-electron chi connectivity index (χ3n) is 6.28. The van der Waals surface area contributed by atoms with E-state index < -0.39 is 5.82 Å². The minimum Gasteiger partial charge on any atom is -0.507 e. The molecule has 4 aromatic rings. The van der Waals surface area contributed by atoms with Crippen molar-refractivity contribution in [1.29, 1.82) is 0 Å². The molecule has 33 heavy (non-hydrogen) atoms. The number of hydrogen-bond donors (Lipinski definition) is 1. The molecule has 1 N–H and O–H groups in total. The number of methoxy groups -OCH3 is 1. The number of aryl methyl sites for hydroxylation is 1. The summed E-state index contributed by atoms with van der Waals surface area (Å²) in [7, 11) is 1.72. The highest BCUT2D eigenvalue weighted by molar-refractivity contribution is 5.74. The van der Waals surface area contributed by atoms with Crippen molar-refractivity contribution < 1.29 is 14.2 Å². The van der Waals surface area contributed by atoms with E-state index >= 15 is 0 Å². The predicted octanol–water partition coefficient (Wildman–Crippen LogP) is 4.05. The smallest absolute Gasteiger partial charge is 0.173 e. The second-order valence-corrected chi connectivity index (χ2v) is 8.72. The van der Waals surface area contributed by atoms with Crippen LogP contribution >= 0.6 is 0 Å². The van der Waals surface area contributed by atoms with E-state index in [1.54, 1.807) is 36.0 Å². The van der Waals surface area contributed by atoms with Crippen LogP contribution in [0.3, 0.4) is 0 Å². The maximum atomic E-state index is 14.5. The quantitative estimate of drug-likeness (QED) is 0.481. The van der Waals surface area contributed by atoms with Crippen LogP contribution in [0.2, 0.25) is 0 Å². The van der Waals surface area contributed by atoms with E-state index in [0.717, 1.165) is 31.1 Å². The number of aromatic hydroxyl groups is 1. The van der Waals surface area contributed by atoms with Crippen molar-refractivity contribution in [3.05, 3.63) is 66.0 Å². The van der Waals surface area contributed by atoms with Gasteiger partial charge in [0, 0.05) is 55.7 Å². The molecule has 1 fully saturated rings. The van der Waals surface area contributed by atoms with Gasteiger partial charge in [0.15, 0.2) is 11.5 Å². The minimum absolute atomic E-state index is 0.0695. The first-order valence-electron chi connectivity index (χ1n) is 11.0. The van der Waals surface area contributed by atoms with Gasteiger partial charge < -0.3 is 14.2 Å². The van der Waals surface area contributed by atoms with Gasteiger partial charge in [-0.25, -0.2) is 9.37 Å². The fourth-order valence-corrected chi connectivity index (χ4v) is 4.38. The number of phenols is 1. The van der Waals surface area contributed by atoms with Crippen molar-refractivity contribution >= 4 is 5.65 Å². The molecule has 1 saturated heterocycles. The first-order chi connectivity index (χ1) is 15.9. The molecule has 5 rings (SSSR count). The van der Waals surface area contributed by atoms with Gasteiger partial charge in [0.2, 0.25) is 0 Å². The summed E-state index contributed by atoms with van der Waals surface area (Å²) in [5.41, 5.74) is 4.52. The summed E-state index contributed by atoms with van der Waals surface area (Å²) in [4.78, 5) is 6.55. The monoisotopic (exact) mass is 447 g/mol. The molecule has 1 aliphatic heterocycles. The molecule has 4 heterocycles. The SMILES string of the molecule is COCC(C)N1CC(c2ccc(-c3ccc(-c4cc(F)c5nc(C)cn5c4)cc3O)nn2)C1. The Bertz CT molecular complexity index is 1300. The van der Waals surface area contributed by atoms with Crippen molar-refractivity contribution in [2.45, 2.75) is 25.8 Å². The van der Waals surface area contributed by atoms with Crippen LogP contribution in [-0.4, -0.2) is 62.4 Å². The van der Waals surface area contributed by atoms with E-state index in [-0.39, 0.29) is 11.4 Å². The molecule has 0 spiro atoms.